The quantitative estimate of drug-likeness (QED) is 0.830. The van der Waals surface area contributed by atoms with Crippen LogP contribution in [0.3, 0.4) is 0 Å². The highest BCUT2D eigenvalue weighted by Crippen LogP contribution is 2.31. The number of thioether (sulfide) groups is 1. The molecular weight excluding hydrogens is 310 g/mol. The van der Waals surface area contributed by atoms with E-state index in [1.165, 1.54) is 13.2 Å². The fourth-order valence-corrected chi connectivity index (χ4v) is 4.87. The molecule has 1 aliphatic rings. The summed E-state index contributed by atoms with van der Waals surface area (Å²) >= 11 is 1.78. The molecule has 0 spiro atoms. The number of benzene rings is 1. The first kappa shape index (κ1) is 16.6. The Morgan fingerprint density at radius 2 is 2.19 bits per heavy atom. The van der Waals surface area contributed by atoms with Gasteiger partial charge in [0.15, 0.2) is 0 Å². The van der Waals surface area contributed by atoms with Crippen LogP contribution >= 0.6 is 11.8 Å². The van der Waals surface area contributed by atoms with Gasteiger partial charge in [0.05, 0.1) is 13.7 Å². The maximum absolute atomic E-state index is 12.6. The molecule has 0 aromatic heterocycles. The van der Waals surface area contributed by atoms with Gasteiger partial charge >= 0.3 is 0 Å². The van der Waals surface area contributed by atoms with E-state index in [0.29, 0.717) is 16.6 Å². The number of hydrogen-bond acceptors (Lipinski definition) is 5. The minimum Gasteiger partial charge on any atom is -0.495 e. The average Bonchev–Trinajstić information content (AvgIpc) is 2.93. The third-order valence-corrected chi connectivity index (χ3v) is 6.38. The van der Waals surface area contributed by atoms with Crippen molar-refractivity contribution < 1.29 is 18.3 Å². The molecule has 1 aliphatic carbocycles. The highest BCUT2D eigenvalue weighted by Gasteiger charge is 2.29. The topological polar surface area (TPSA) is 75.6 Å². The summed E-state index contributed by atoms with van der Waals surface area (Å²) in [5.41, 5.74) is 0.546. The van der Waals surface area contributed by atoms with Crippen LogP contribution in [-0.2, 0) is 16.6 Å². The Labute approximate surface area is 130 Å². The predicted octanol–water partition coefficient (Wildman–Crippen LogP) is 1.75. The molecule has 2 atom stereocenters. The second-order valence-corrected chi connectivity index (χ2v) is 7.95. The van der Waals surface area contributed by atoms with Crippen molar-refractivity contribution >= 4 is 21.8 Å². The van der Waals surface area contributed by atoms with Crippen LogP contribution in [0.5, 0.6) is 5.75 Å². The molecule has 2 unspecified atom stereocenters. The van der Waals surface area contributed by atoms with Gasteiger partial charge in [0.2, 0.25) is 10.0 Å². The first-order chi connectivity index (χ1) is 10.00. The summed E-state index contributed by atoms with van der Waals surface area (Å²) < 4.78 is 33.0. The van der Waals surface area contributed by atoms with Crippen LogP contribution in [0.1, 0.15) is 24.8 Å². The van der Waals surface area contributed by atoms with Crippen molar-refractivity contribution in [2.45, 2.75) is 42.1 Å². The monoisotopic (exact) mass is 331 g/mol. The molecule has 1 aromatic carbocycles. The summed E-state index contributed by atoms with van der Waals surface area (Å²) in [5, 5.41) is 9.70. The first-order valence-electron chi connectivity index (χ1n) is 6.83. The average molecular weight is 331 g/mol. The summed E-state index contributed by atoms with van der Waals surface area (Å²) in [4.78, 5) is 0.0872. The normalized spacial score (nSPS) is 22.4. The lowest BCUT2D eigenvalue weighted by molar-refractivity contribution is 0.281. The summed E-state index contributed by atoms with van der Waals surface area (Å²) in [5.74, 6) is 0.291. The smallest absolute Gasteiger partial charge is 0.244 e. The largest absolute Gasteiger partial charge is 0.495 e. The molecule has 1 fully saturated rings. The fourth-order valence-electron chi connectivity index (χ4n) is 2.57. The van der Waals surface area contributed by atoms with E-state index in [9.17, 15) is 13.5 Å². The zero-order valence-electron chi connectivity index (χ0n) is 12.2. The molecular formula is C14H21NO4S2. The van der Waals surface area contributed by atoms with Gasteiger partial charge in [0.1, 0.15) is 10.6 Å². The van der Waals surface area contributed by atoms with Crippen molar-refractivity contribution in [3.63, 3.8) is 0 Å². The Morgan fingerprint density at radius 1 is 1.43 bits per heavy atom. The molecule has 2 rings (SSSR count). The van der Waals surface area contributed by atoms with Crippen LogP contribution < -0.4 is 9.46 Å². The van der Waals surface area contributed by atoms with Crippen molar-refractivity contribution in [3.05, 3.63) is 23.8 Å². The Morgan fingerprint density at radius 3 is 2.76 bits per heavy atom. The van der Waals surface area contributed by atoms with Crippen LogP contribution in [0.2, 0.25) is 0 Å². The lowest BCUT2D eigenvalue weighted by Crippen LogP contribution is -2.33. The third kappa shape index (κ3) is 3.91. The minimum absolute atomic E-state index is 0.0325. The molecule has 1 saturated carbocycles. The standard InChI is InChI=1S/C14H21NO4S2/c1-19-13-6-3-10(9-16)7-14(13)21(17,18)15-11-4-5-12(8-11)20-2/h3,6-7,11-12,15-16H,4-5,8-9H2,1-2H3. The van der Waals surface area contributed by atoms with Gasteiger partial charge in [-0.2, -0.15) is 11.8 Å². The second-order valence-electron chi connectivity index (χ2n) is 5.13. The van der Waals surface area contributed by atoms with E-state index in [-0.39, 0.29) is 17.5 Å². The minimum atomic E-state index is -3.65. The molecule has 7 heteroatoms. The van der Waals surface area contributed by atoms with E-state index in [1.54, 1.807) is 23.9 Å². The lowest BCUT2D eigenvalue weighted by Gasteiger charge is -2.16. The molecule has 0 amide bonds. The van der Waals surface area contributed by atoms with Crippen LogP contribution in [0.15, 0.2) is 23.1 Å². The first-order valence-corrected chi connectivity index (χ1v) is 9.60. The maximum atomic E-state index is 12.6. The van der Waals surface area contributed by atoms with E-state index in [1.807, 2.05) is 0 Å². The van der Waals surface area contributed by atoms with Gasteiger partial charge in [-0.25, -0.2) is 13.1 Å². The third-order valence-electron chi connectivity index (χ3n) is 3.74. The summed E-state index contributed by atoms with van der Waals surface area (Å²) in [7, 11) is -2.21. The number of sulfonamides is 1. The molecule has 0 bridgehead atoms. The number of hydrogen-bond donors (Lipinski definition) is 2. The van der Waals surface area contributed by atoms with Crippen LogP contribution in [0, 0.1) is 0 Å². The van der Waals surface area contributed by atoms with Gasteiger partial charge in [-0.05, 0) is 43.2 Å². The molecule has 1 aromatic rings. The number of aliphatic hydroxyl groups is 1. The molecule has 5 nitrogen and oxygen atoms in total. The maximum Gasteiger partial charge on any atom is 0.244 e. The van der Waals surface area contributed by atoms with E-state index in [2.05, 4.69) is 11.0 Å². The van der Waals surface area contributed by atoms with Crippen molar-refractivity contribution in [3.8, 4) is 5.75 Å². The fraction of sp³-hybridized carbons (Fsp3) is 0.571. The Bertz CT molecular complexity index is 589. The Kier molecular flexibility index (Phi) is 5.54. The summed E-state index contributed by atoms with van der Waals surface area (Å²) in [6.07, 6.45) is 4.78. The number of aliphatic hydroxyl groups excluding tert-OH is 1. The lowest BCUT2D eigenvalue weighted by atomic mass is 10.2. The van der Waals surface area contributed by atoms with E-state index >= 15 is 0 Å². The SMILES string of the molecule is COc1ccc(CO)cc1S(=O)(=O)NC1CCC(SC)C1. The number of ether oxygens (including phenoxy) is 1. The number of rotatable bonds is 6. The van der Waals surface area contributed by atoms with Gasteiger partial charge in [-0.3, -0.25) is 0 Å². The van der Waals surface area contributed by atoms with Gasteiger partial charge in [0, 0.05) is 11.3 Å². The molecule has 0 heterocycles. The van der Waals surface area contributed by atoms with Gasteiger partial charge in [-0.1, -0.05) is 6.07 Å². The van der Waals surface area contributed by atoms with Crippen LogP contribution in [-0.4, -0.2) is 38.2 Å². The highest BCUT2D eigenvalue weighted by molar-refractivity contribution is 7.99. The molecule has 2 N–H and O–H groups in total. The van der Waals surface area contributed by atoms with Gasteiger partial charge < -0.3 is 9.84 Å². The summed E-state index contributed by atoms with van der Waals surface area (Å²) in [6.45, 7) is -0.204. The summed E-state index contributed by atoms with van der Waals surface area (Å²) in [6, 6.07) is 4.65. The van der Waals surface area contributed by atoms with E-state index < -0.39 is 10.0 Å². The molecule has 0 radical (unpaired) electrons. The highest BCUT2D eigenvalue weighted by atomic mass is 32.2. The number of nitrogens with one attached hydrogen (secondary N) is 1. The second kappa shape index (κ2) is 7.00. The van der Waals surface area contributed by atoms with Crippen molar-refractivity contribution in [1.82, 2.24) is 4.72 Å². The van der Waals surface area contributed by atoms with Crippen molar-refractivity contribution in [2.75, 3.05) is 13.4 Å². The van der Waals surface area contributed by atoms with E-state index in [0.717, 1.165) is 19.3 Å². The molecule has 0 aliphatic heterocycles. The Hall–Kier alpha value is -0.760. The van der Waals surface area contributed by atoms with Crippen LogP contribution in [0.25, 0.3) is 0 Å². The number of methoxy groups -OCH3 is 1. The van der Waals surface area contributed by atoms with Crippen molar-refractivity contribution in [2.24, 2.45) is 0 Å². The van der Waals surface area contributed by atoms with Gasteiger partial charge in [0.25, 0.3) is 0 Å². The Balaban J connectivity index is 2.23. The van der Waals surface area contributed by atoms with Crippen molar-refractivity contribution in [1.29, 1.82) is 0 Å². The van der Waals surface area contributed by atoms with E-state index in [4.69, 9.17) is 4.74 Å². The molecule has 118 valence electrons. The molecule has 0 saturated heterocycles. The van der Waals surface area contributed by atoms with Crippen LogP contribution in [0.4, 0.5) is 0 Å². The zero-order valence-corrected chi connectivity index (χ0v) is 13.8. The molecule has 21 heavy (non-hydrogen) atoms. The van der Waals surface area contributed by atoms with Gasteiger partial charge in [-0.15, -0.1) is 0 Å². The predicted molar refractivity (Wildman–Crippen MR) is 84.2 cm³/mol. The zero-order chi connectivity index (χ0) is 15.5.